The van der Waals surface area contributed by atoms with Crippen LogP contribution in [0.15, 0.2) is 0 Å². The van der Waals surface area contributed by atoms with Crippen LogP contribution in [0.4, 0.5) is 0 Å². The SMILES string of the molecule is [Fe].[O]=[Zn].[Zn]. The van der Waals surface area contributed by atoms with Crippen molar-refractivity contribution in [3.05, 3.63) is 0 Å². The first kappa shape index (κ1) is 17.6. The van der Waals surface area contributed by atoms with E-state index in [0.717, 1.165) is 0 Å². The number of hydrogen-bond donors (Lipinski definition) is 0. The Labute approximate surface area is 58.1 Å². The third-order valence-corrected chi connectivity index (χ3v) is 0. The van der Waals surface area contributed by atoms with Gasteiger partial charge < -0.3 is 0 Å². The molecule has 0 aliphatic carbocycles. The summed E-state index contributed by atoms with van der Waals surface area (Å²) in [4.78, 5) is 0. The molecule has 1 nitrogen and oxygen atoms in total. The zero-order valence-electron chi connectivity index (χ0n) is 2.18. The first-order valence-electron chi connectivity index (χ1n) is 0.289. The maximum atomic E-state index is 8.38. The molecule has 0 bridgehead atoms. The zero-order valence-corrected chi connectivity index (χ0v) is 9.21. The minimum Gasteiger partial charge on any atom is 0 e. The van der Waals surface area contributed by atoms with E-state index in [0.29, 0.717) is 0 Å². The quantitative estimate of drug-likeness (QED) is 0.501. The Morgan fingerprint density at radius 1 is 1.25 bits per heavy atom. The summed E-state index contributed by atoms with van der Waals surface area (Å²) >= 11 is 0.125. The van der Waals surface area contributed by atoms with Crippen LogP contribution < -0.4 is 0 Å². The molecule has 0 aromatic heterocycles. The Balaban J connectivity index is -0.00000000500. The largest absolute Gasteiger partial charge is 0 e. The minimum absolute atomic E-state index is 0. The van der Waals surface area contributed by atoms with E-state index in [4.69, 9.17) is 3.57 Å². The predicted octanol–water partition coefficient (Wildman–Crippen LogP) is -0.126. The first-order valence-corrected chi connectivity index (χ1v) is 1.50. The van der Waals surface area contributed by atoms with E-state index >= 15 is 0 Å². The van der Waals surface area contributed by atoms with Crippen LogP contribution in [0.5, 0.6) is 0 Å². The van der Waals surface area contributed by atoms with E-state index < -0.39 is 0 Å². The molecule has 4 heteroatoms. The Hall–Kier alpha value is 1.57. The van der Waals surface area contributed by atoms with Crippen LogP contribution in [0, 0.1) is 0 Å². The fourth-order valence-electron chi connectivity index (χ4n) is 0. The van der Waals surface area contributed by atoms with E-state index in [1.54, 1.807) is 0 Å². The predicted molar refractivity (Wildman–Crippen MR) is 0.686 cm³/mol. The van der Waals surface area contributed by atoms with Gasteiger partial charge in [0.25, 0.3) is 0 Å². The second kappa shape index (κ2) is 23.7. The third kappa shape index (κ3) is 9.57. The molecule has 0 amide bonds. The van der Waals surface area contributed by atoms with E-state index in [-0.39, 0.29) is 54.8 Å². The summed E-state index contributed by atoms with van der Waals surface area (Å²) in [5, 5.41) is 0. The average Bonchev–Trinajstić information content (AvgIpc) is 1.00. The molecule has 18 valence electrons. The van der Waals surface area contributed by atoms with Gasteiger partial charge in [0.1, 0.15) is 0 Å². The van der Waals surface area contributed by atoms with Crippen molar-refractivity contribution in [1.29, 1.82) is 0 Å². The normalized spacial score (nSPS) is 1.50. The molecule has 4 heavy (non-hydrogen) atoms. The van der Waals surface area contributed by atoms with E-state index in [9.17, 15) is 0 Å². The summed E-state index contributed by atoms with van der Waals surface area (Å²) in [6.45, 7) is 0. The van der Waals surface area contributed by atoms with Crippen molar-refractivity contribution in [2.24, 2.45) is 0 Å². The van der Waals surface area contributed by atoms with E-state index in [1.165, 1.54) is 0 Å². The molecule has 0 heterocycles. The maximum Gasteiger partial charge on any atom is 0 e. The molecule has 0 atom stereocenters. The van der Waals surface area contributed by atoms with Crippen molar-refractivity contribution in [3.63, 3.8) is 0 Å². The van der Waals surface area contributed by atoms with Gasteiger partial charge >= 0.3 is 21.8 Å². The van der Waals surface area contributed by atoms with Gasteiger partial charge in [0, 0.05) is 36.5 Å². The van der Waals surface area contributed by atoms with Crippen LogP contribution in [-0.2, 0) is 58.4 Å². The summed E-state index contributed by atoms with van der Waals surface area (Å²) in [5.74, 6) is 0. The molecule has 0 aliphatic heterocycles. The molecule has 0 rings (SSSR count). The fraction of sp³-hybridized carbons (Fsp3) is 0. The molecule has 0 N–H and O–H groups in total. The topological polar surface area (TPSA) is 17.1 Å². The summed E-state index contributed by atoms with van der Waals surface area (Å²) in [6, 6.07) is 0. The average molecular weight is 203 g/mol. The molecule has 0 saturated heterocycles. The molecule has 0 unspecified atom stereocenters. The second-order valence-electron chi connectivity index (χ2n) is 0. The Kier molecular flexibility index (Phi) is 104. The number of rotatable bonds is 0. The molecule has 0 radical (unpaired) electrons. The summed E-state index contributed by atoms with van der Waals surface area (Å²) < 4.78 is 8.38. The molecule has 0 saturated carbocycles. The summed E-state index contributed by atoms with van der Waals surface area (Å²) in [5.41, 5.74) is 0. The van der Waals surface area contributed by atoms with Crippen molar-refractivity contribution in [2.45, 2.75) is 0 Å². The molecule has 0 spiro atoms. The number of hydrogen-bond acceptors (Lipinski definition) is 1. The van der Waals surface area contributed by atoms with Crippen molar-refractivity contribution >= 4 is 0 Å². The van der Waals surface area contributed by atoms with Crippen molar-refractivity contribution in [3.8, 4) is 0 Å². The monoisotopic (exact) mass is 200 g/mol. The van der Waals surface area contributed by atoms with Gasteiger partial charge in [0.15, 0.2) is 0 Å². The van der Waals surface area contributed by atoms with Gasteiger partial charge in [0.05, 0.1) is 0 Å². The van der Waals surface area contributed by atoms with Crippen molar-refractivity contribution < 1.29 is 58.4 Å². The minimum atomic E-state index is 0. The van der Waals surface area contributed by atoms with Crippen LogP contribution in [0.1, 0.15) is 0 Å². The van der Waals surface area contributed by atoms with Crippen LogP contribution in [0.2, 0.25) is 0 Å². The second-order valence-corrected chi connectivity index (χ2v) is 0. The fourth-order valence-corrected chi connectivity index (χ4v) is 0. The molecule has 0 aromatic carbocycles. The van der Waals surface area contributed by atoms with Crippen molar-refractivity contribution in [2.75, 3.05) is 0 Å². The standard InChI is InChI=1S/Fe.O.2Zn. The smallest absolute Gasteiger partial charge is 0 e. The molecule has 0 fully saturated rings. The Morgan fingerprint density at radius 2 is 1.25 bits per heavy atom. The van der Waals surface area contributed by atoms with E-state index in [1.807, 2.05) is 0 Å². The van der Waals surface area contributed by atoms with E-state index in [2.05, 4.69) is 0 Å². The Bertz CT molecular complexity index is 6.00. The van der Waals surface area contributed by atoms with Crippen LogP contribution in [-0.4, -0.2) is 0 Å². The van der Waals surface area contributed by atoms with Gasteiger partial charge in [-0.3, -0.25) is 0 Å². The van der Waals surface area contributed by atoms with Crippen LogP contribution >= 0.6 is 0 Å². The molecule has 0 aliphatic rings. The van der Waals surface area contributed by atoms with Gasteiger partial charge in [-0.25, -0.2) is 0 Å². The van der Waals surface area contributed by atoms with Crippen LogP contribution in [0.25, 0.3) is 0 Å². The zero-order chi connectivity index (χ0) is 2.00. The molecule has 0 aromatic rings. The summed E-state index contributed by atoms with van der Waals surface area (Å²) in [7, 11) is 0. The maximum absolute atomic E-state index is 8.38. The van der Waals surface area contributed by atoms with Crippen molar-refractivity contribution in [1.82, 2.24) is 0 Å². The summed E-state index contributed by atoms with van der Waals surface area (Å²) in [6.07, 6.45) is 0. The van der Waals surface area contributed by atoms with Gasteiger partial charge in [0.2, 0.25) is 0 Å². The first-order chi connectivity index (χ1) is 1.00. The van der Waals surface area contributed by atoms with Gasteiger partial charge in [-0.2, -0.15) is 0 Å². The van der Waals surface area contributed by atoms with Gasteiger partial charge in [-0.05, 0) is 0 Å². The van der Waals surface area contributed by atoms with Crippen LogP contribution in [0.3, 0.4) is 0 Å². The molecular weight excluding hydrogens is 203 g/mol. The Morgan fingerprint density at radius 3 is 1.25 bits per heavy atom. The molecular formula is FeOZn2. The van der Waals surface area contributed by atoms with Gasteiger partial charge in [-0.1, -0.05) is 0 Å². The third-order valence-electron chi connectivity index (χ3n) is 0. The van der Waals surface area contributed by atoms with Gasteiger partial charge in [-0.15, -0.1) is 0 Å².